The van der Waals surface area contributed by atoms with Crippen molar-refractivity contribution in [3.63, 3.8) is 0 Å². The van der Waals surface area contributed by atoms with Crippen molar-refractivity contribution >= 4 is 0 Å². The molecule has 0 spiro atoms. The van der Waals surface area contributed by atoms with Crippen LogP contribution in [0.15, 0.2) is 0 Å². The molecule has 1 heterocycles. The molecular weight excluding hydrogens is 204 g/mol. The summed E-state index contributed by atoms with van der Waals surface area (Å²) in [5.41, 5.74) is -0.343. The summed E-state index contributed by atoms with van der Waals surface area (Å²) in [6.07, 6.45) is 6.96. The Morgan fingerprint density at radius 2 is 1.94 bits per heavy atom. The fourth-order valence-corrected chi connectivity index (χ4v) is 2.42. The van der Waals surface area contributed by atoms with Crippen LogP contribution in [0.2, 0.25) is 0 Å². The molecule has 1 atom stereocenters. The highest BCUT2D eigenvalue weighted by Crippen LogP contribution is 2.30. The highest BCUT2D eigenvalue weighted by Gasteiger charge is 2.39. The summed E-state index contributed by atoms with van der Waals surface area (Å²) in [5, 5.41) is 10.2. The van der Waals surface area contributed by atoms with Crippen LogP contribution < -0.4 is 0 Å². The summed E-state index contributed by atoms with van der Waals surface area (Å²) in [5.74, 6) is 0. The van der Waals surface area contributed by atoms with Crippen molar-refractivity contribution in [3.8, 4) is 0 Å². The lowest BCUT2D eigenvalue weighted by Gasteiger charge is -2.39. The Kier molecular flexibility index (Phi) is 6.32. The smallest absolute Gasteiger partial charge is 0.0980 e. The first-order chi connectivity index (χ1) is 7.75. The first-order valence-electron chi connectivity index (χ1n) is 6.56. The van der Waals surface area contributed by atoms with Crippen molar-refractivity contribution in [1.29, 1.82) is 0 Å². The van der Waals surface area contributed by atoms with E-state index in [-0.39, 0.29) is 11.7 Å². The minimum absolute atomic E-state index is 0.335. The van der Waals surface area contributed by atoms with Crippen LogP contribution in [0.3, 0.4) is 0 Å². The second-order valence-electron chi connectivity index (χ2n) is 4.75. The molecule has 1 saturated heterocycles. The SMILES string of the molecule is CCCCCCC(O)C1(OC)CCOCC1. The van der Waals surface area contributed by atoms with Gasteiger partial charge in [-0.2, -0.15) is 0 Å². The minimum Gasteiger partial charge on any atom is -0.390 e. The van der Waals surface area contributed by atoms with Crippen molar-refractivity contribution in [2.75, 3.05) is 20.3 Å². The molecule has 0 bridgehead atoms. The Bertz CT molecular complexity index is 176. The van der Waals surface area contributed by atoms with Crippen LogP contribution in [0.5, 0.6) is 0 Å². The van der Waals surface area contributed by atoms with Crippen LogP contribution in [0.25, 0.3) is 0 Å². The van der Waals surface area contributed by atoms with Gasteiger partial charge in [0.05, 0.1) is 11.7 Å². The van der Waals surface area contributed by atoms with Crippen molar-refractivity contribution in [2.24, 2.45) is 0 Å². The maximum absolute atomic E-state index is 10.2. The van der Waals surface area contributed by atoms with E-state index in [1.54, 1.807) is 7.11 Å². The lowest BCUT2D eigenvalue weighted by atomic mass is 9.85. The number of hydrogen-bond acceptors (Lipinski definition) is 3. The van der Waals surface area contributed by atoms with Gasteiger partial charge in [-0.25, -0.2) is 0 Å². The molecule has 1 N–H and O–H groups in total. The fourth-order valence-electron chi connectivity index (χ4n) is 2.42. The highest BCUT2D eigenvalue weighted by atomic mass is 16.5. The van der Waals surface area contributed by atoms with Crippen LogP contribution in [-0.4, -0.2) is 37.1 Å². The fraction of sp³-hybridized carbons (Fsp3) is 1.00. The van der Waals surface area contributed by atoms with E-state index in [4.69, 9.17) is 9.47 Å². The van der Waals surface area contributed by atoms with Crippen LogP contribution in [0.1, 0.15) is 51.9 Å². The standard InChI is InChI=1S/C13H26O3/c1-3-4-5-6-7-12(14)13(15-2)8-10-16-11-9-13/h12,14H,3-11H2,1-2H3. The molecule has 3 heteroatoms. The van der Waals surface area contributed by atoms with E-state index in [0.29, 0.717) is 13.2 Å². The summed E-state index contributed by atoms with van der Waals surface area (Å²) in [6.45, 7) is 3.62. The Morgan fingerprint density at radius 1 is 1.25 bits per heavy atom. The van der Waals surface area contributed by atoms with Gasteiger partial charge >= 0.3 is 0 Å². The van der Waals surface area contributed by atoms with Gasteiger partial charge in [0.1, 0.15) is 0 Å². The maximum atomic E-state index is 10.2. The molecule has 3 nitrogen and oxygen atoms in total. The van der Waals surface area contributed by atoms with Crippen LogP contribution in [0, 0.1) is 0 Å². The Balaban J connectivity index is 2.33. The number of unbranched alkanes of at least 4 members (excludes halogenated alkanes) is 3. The first-order valence-corrected chi connectivity index (χ1v) is 6.56. The van der Waals surface area contributed by atoms with Crippen molar-refractivity contribution in [2.45, 2.75) is 63.6 Å². The Hall–Kier alpha value is -0.120. The summed E-state index contributed by atoms with van der Waals surface area (Å²) in [4.78, 5) is 0. The van der Waals surface area contributed by atoms with Gasteiger partial charge in [0.15, 0.2) is 0 Å². The predicted octanol–water partition coefficient (Wildman–Crippen LogP) is 2.51. The molecule has 1 rings (SSSR count). The van der Waals surface area contributed by atoms with E-state index in [9.17, 15) is 5.11 Å². The number of aliphatic hydroxyl groups is 1. The van der Waals surface area contributed by atoms with Crippen molar-refractivity contribution in [3.05, 3.63) is 0 Å². The molecule has 1 aliphatic rings. The molecule has 0 aromatic carbocycles. The molecule has 0 saturated carbocycles. The monoisotopic (exact) mass is 230 g/mol. The van der Waals surface area contributed by atoms with Gasteiger partial charge in [-0.05, 0) is 6.42 Å². The summed E-state index contributed by atoms with van der Waals surface area (Å²) < 4.78 is 10.9. The third-order valence-corrected chi connectivity index (χ3v) is 3.68. The quantitative estimate of drug-likeness (QED) is 0.683. The van der Waals surface area contributed by atoms with E-state index in [2.05, 4.69) is 6.92 Å². The van der Waals surface area contributed by atoms with Crippen molar-refractivity contribution < 1.29 is 14.6 Å². The lowest BCUT2D eigenvalue weighted by Crippen LogP contribution is -2.48. The van der Waals surface area contributed by atoms with E-state index >= 15 is 0 Å². The van der Waals surface area contributed by atoms with Crippen molar-refractivity contribution in [1.82, 2.24) is 0 Å². The minimum atomic E-state index is -0.343. The number of aliphatic hydroxyl groups excluding tert-OH is 1. The van der Waals surface area contributed by atoms with Gasteiger partial charge in [-0.15, -0.1) is 0 Å². The summed E-state index contributed by atoms with van der Waals surface area (Å²) in [6, 6.07) is 0. The number of hydrogen-bond donors (Lipinski definition) is 1. The molecule has 1 aliphatic heterocycles. The van der Waals surface area contributed by atoms with Gasteiger partial charge in [0, 0.05) is 33.2 Å². The lowest BCUT2D eigenvalue weighted by molar-refractivity contribution is -0.154. The maximum Gasteiger partial charge on any atom is 0.0980 e. The molecule has 0 amide bonds. The Morgan fingerprint density at radius 3 is 2.50 bits per heavy atom. The zero-order chi connectivity index (χ0) is 11.9. The zero-order valence-corrected chi connectivity index (χ0v) is 10.7. The van der Waals surface area contributed by atoms with E-state index in [1.165, 1.54) is 19.3 Å². The summed E-state index contributed by atoms with van der Waals surface area (Å²) in [7, 11) is 1.71. The van der Waals surface area contributed by atoms with Gasteiger partial charge in [-0.1, -0.05) is 32.6 Å². The van der Waals surface area contributed by atoms with Crippen LogP contribution in [-0.2, 0) is 9.47 Å². The van der Waals surface area contributed by atoms with Crippen LogP contribution >= 0.6 is 0 Å². The van der Waals surface area contributed by atoms with Crippen LogP contribution in [0.4, 0.5) is 0 Å². The van der Waals surface area contributed by atoms with E-state index < -0.39 is 0 Å². The predicted molar refractivity (Wildman–Crippen MR) is 64.6 cm³/mol. The topological polar surface area (TPSA) is 38.7 Å². The average molecular weight is 230 g/mol. The molecule has 0 aromatic rings. The molecule has 1 unspecified atom stereocenters. The molecule has 0 aliphatic carbocycles. The Labute approximate surface area is 99.1 Å². The van der Waals surface area contributed by atoms with Gasteiger partial charge in [0.25, 0.3) is 0 Å². The molecule has 0 radical (unpaired) electrons. The van der Waals surface area contributed by atoms with Gasteiger partial charge in [-0.3, -0.25) is 0 Å². The largest absolute Gasteiger partial charge is 0.390 e. The molecular formula is C13H26O3. The van der Waals surface area contributed by atoms with E-state index in [0.717, 1.165) is 25.7 Å². The zero-order valence-electron chi connectivity index (χ0n) is 10.7. The second kappa shape index (κ2) is 7.25. The van der Waals surface area contributed by atoms with E-state index in [1.807, 2.05) is 0 Å². The second-order valence-corrected chi connectivity index (χ2v) is 4.75. The highest BCUT2D eigenvalue weighted by molar-refractivity contribution is 4.90. The molecule has 16 heavy (non-hydrogen) atoms. The number of methoxy groups -OCH3 is 1. The van der Waals surface area contributed by atoms with Gasteiger partial charge in [0.2, 0.25) is 0 Å². The molecule has 1 fully saturated rings. The molecule has 96 valence electrons. The molecule has 0 aromatic heterocycles. The third kappa shape index (κ3) is 3.72. The van der Waals surface area contributed by atoms with Gasteiger partial charge < -0.3 is 14.6 Å². The number of rotatable bonds is 7. The first kappa shape index (κ1) is 13.9. The summed E-state index contributed by atoms with van der Waals surface area (Å²) >= 11 is 0. The normalized spacial score (nSPS) is 21.9. The third-order valence-electron chi connectivity index (χ3n) is 3.68. The average Bonchev–Trinajstić information content (AvgIpc) is 2.35. The number of ether oxygens (including phenoxy) is 2.